The van der Waals surface area contributed by atoms with E-state index in [0.29, 0.717) is 39.1 Å². The molecule has 4 heterocycles. The lowest BCUT2D eigenvalue weighted by molar-refractivity contribution is -0.134. The smallest absolute Gasteiger partial charge is 0.229 e. The van der Waals surface area contributed by atoms with E-state index in [1.54, 1.807) is 0 Å². The van der Waals surface area contributed by atoms with E-state index in [-0.39, 0.29) is 23.5 Å². The summed E-state index contributed by atoms with van der Waals surface area (Å²) in [6.45, 7) is 6.50. The molecule has 7 nitrogen and oxygen atoms in total. The SMILES string of the molecule is Cc1cc(-c2csc(CC(=O)N3CCOCC3)n2)c(C)n1[C@H]1CCS(=O)(=O)C1. The van der Waals surface area contributed by atoms with E-state index in [4.69, 9.17) is 9.72 Å². The number of aromatic nitrogens is 2. The first kappa shape index (κ1) is 19.6. The maximum absolute atomic E-state index is 12.4. The van der Waals surface area contributed by atoms with Gasteiger partial charge in [0.1, 0.15) is 5.01 Å². The van der Waals surface area contributed by atoms with Crippen LogP contribution in [0.4, 0.5) is 0 Å². The summed E-state index contributed by atoms with van der Waals surface area (Å²) >= 11 is 1.50. The van der Waals surface area contributed by atoms with E-state index in [9.17, 15) is 13.2 Å². The predicted molar refractivity (Wildman–Crippen MR) is 108 cm³/mol. The molecule has 2 aromatic heterocycles. The van der Waals surface area contributed by atoms with E-state index in [0.717, 1.165) is 27.7 Å². The summed E-state index contributed by atoms with van der Waals surface area (Å²) in [7, 11) is -2.94. The van der Waals surface area contributed by atoms with Gasteiger partial charge in [-0.3, -0.25) is 4.79 Å². The average molecular weight is 424 g/mol. The van der Waals surface area contributed by atoms with Crippen LogP contribution in [-0.4, -0.2) is 66.6 Å². The summed E-state index contributed by atoms with van der Waals surface area (Å²) in [4.78, 5) is 19.0. The van der Waals surface area contributed by atoms with Gasteiger partial charge in [0.2, 0.25) is 5.91 Å². The van der Waals surface area contributed by atoms with E-state index >= 15 is 0 Å². The molecule has 0 unspecified atom stereocenters. The first-order valence-electron chi connectivity index (χ1n) is 9.53. The summed E-state index contributed by atoms with van der Waals surface area (Å²) < 4.78 is 31.2. The quantitative estimate of drug-likeness (QED) is 0.751. The molecule has 1 atom stereocenters. The Morgan fingerprint density at radius 3 is 2.75 bits per heavy atom. The normalized spacial score (nSPS) is 21.9. The summed E-state index contributed by atoms with van der Waals surface area (Å²) in [5.41, 5.74) is 3.96. The second-order valence-corrected chi connectivity index (χ2v) is 10.7. The maximum Gasteiger partial charge on any atom is 0.229 e. The fraction of sp³-hybridized carbons (Fsp3) is 0.579. The van der Waals surface area contributed by atoms with E-state index in [1.807, 2.05) is 24.1 Å². The summed E-state index contributed by atoms with van der Waals surface area (Å²) in [6, 6.07) is 2.07. The van der Waals surface area contributed by atoms with Gasteiger partial charge in [-0.05, 0) is 26.3 Å². The monoisotopic (exact) mass is 423 g/mol. The van der Waals surface area contributed by atoms with Crippen LogP contribution in [0.2, 0.25) is 0 Å². The van der Waals surface area contributed by atoms with Crippen LogP contribution in [0.15, 0.2) is 11.4 Å². The van der Waals surface area contributed by atoms with Gasteiger partial charge in [0.05, 0.1) is 36.8 Å². The highest BCUT2D eigenvalue weighted by molar-refractivity contribution is 7.91. The van der Waals surface area contributed by atoms with Crippen molar-refractivity contribution in [1.29, 1.82) is 0 Å². The van der Waals surface area contributed by atoms with Gasteiger partial charge >= 0.3 is 0 Å². The number of sulfone groups is 1. The number of morpholine rings is 1. The van der Waals surface area contributed by atoms with Crippen molar-refractivity contribution in [2.24, 2.45) is 0 Å². The van der Waals surface area contributed by atoms with E-state index < -0.39 is 9.84 Å². The highest BCUT2D eigenvalue weighted by Crippen LogP contribution is 2.34. The van der Waals surface area contributed by atoms with Crippen LogP contribution in [0.3, 0.4) is 0 Å². The Morgan fingerprint density at radius 2 is 2.07 bits per heavy atom. The number of nitrogens with zero attached hydrogens (tertiary/aromatic N) is 3. The molecule has 0 aromatic carbocycles. The molecule has 28 heavy (non-hydrogen) atoms. The van der Waals surface area contributed by atoms with Crippen molar-refractivity contribution in [1.82, 2.24) is 14.5 Å². The van der Waals surface area contributed by atoms with E-state index in [1.165, 1.54) is 11.3 Å². The molecule has 0 radical (unpaired) electrons. The van der Waals surface area contributed by atoms with Gasteiger partial charge < -0.3 is 14.2 Å². The molecule has 2 saturated heterocycles. The number of hydrogen-bond donors (Lipinski definition) is 0. The van der Waals surface area contributed by atoms with Crippen LogP contribution >= 0.6 is 11.3 Å². The summed E-state index contributed by atoms with van der Waals surface area (Å²) in [6.07, 6.45) is 0.971. The van der Waals surface area contributed by atoms with Gasteiger partial charge in [-0.1, -0.05) is 0 Å². The molecular formula is C19H25N3O4S2. The Morgan fingerprint density at radius 1 is 1.32 bits per heavy atom. The second-order valence-electron chi connectivity index (χ2n) is 7.51. The molecule has 0 spiro atoms. The topological polar surface area (TPSA) is 81.5 Å². The second kappa shape index (κ2) is 7.61. The van der Waals surface area contributed by atoms with Crippen LogP contribution in [0, 0.1) is 13.8 Å². The highest BCUT2D eigenvalue weighted by Gasteiger charge is 2.31. The largest absolute Gasteiger partial charge is 0.378 e. The number of hydrogen-bond acceptors (Lipinski definition) is 6. The Balaban J connectivity index is 1.52. The minimum Gasteiger partial charge on any atom is -0.378 e. The van der Waals surface area contributed by atoms with Crippen molar-refractivity contribution in [2.45, 2.75) is 32.7 Å². The minimum atomic E-state index is -2.94. The highest BCUT2D eigenvalue weighted by atomic mass is 32.2. The molecule has 0 aliphatic carbocycles. The molecule has 0 N–H and O–H groups in total. The average Bonchev–Trinajstić information content (AvgIpc) is 3.33. The first-order chi connectivity index (χ1) is 13.3. The number of ether oxygens (including phenoxy) is 1. The molecule has 0 saturated carbocycles. The lowest BCUT2D eigenvalue weighted by Gasteiger charge is -2.26. The summed E-state index contributed by atoms with van der Waals surface area (Å²) in [5.74, 6) is 0.555. The zero-order valence-corrected chi connectivity index (χ0v) is 17.8. The number of aryl methyl sites for hydroxylation is 1. The third-order valence-electron chi connectivity index (χ3n) is 5.55. The Hall–Kier alpha value is -1.71. The lowest BCUT2D eigenvalue weighted by Crippen LogP contribution is -2.41. The summed E-state index contributed by atoms with van der Waals surface area (Å²) in [5, 5.41) is 2.79. The minimum absolute atomic E-state index is 0.000227. The predicted octanol–water partition coefficient (Wildman–Crippen LogP) is 1.99. The van der Waals surface area contributed by atoms with Crippen molar-refractivity contribution in [3.63, 3.8) is 0 Å². The molecule has 2 fully saturated rings. The first-order valence-corrected chi connectivity index (χ1v) is 12.2. The molecule has 2 aliphatic heterocycles. The van der Waals surface area contributed by atoms with Crippen LogP contribution in [0.25, 0.3) is 11.3 Å². The molecule has 0 bridgehead atoms. The molecule has 9 heteroatoms. The number of amides is 1. The van der Waals surface area contributed by atoms with Crippen molar-refractivity contribution >= 4 is 27.1 Å². The van der Waals surface area contributed by atoms with E-state index in [2.05, 4.69) is 10.6 Å². The van der Waals surface area contributed by atoms with Crippen LogP contribution in [0.1, 0.15) is 28.9 Å². The van der Waals surface area contributed by atoms with Gasteiger partial charge in [-0.2, -0.15) is 0 Å². The van der Waals surface area contributed by atoms with Gasteiger partial charge in [0.15, 0.2) is 9.84 Å². The van der Waals surface area contributed by atoms with Crippen LogP contribution in [0.5, 0.6) is 0 Å². The molecule has 2 aromatic rings. The molecule has 4 rings (SSSR count). The van der Waals surface area contributed by atoms with Gasteiger partial charge in [0.25, 0.3) is 0 Å². The number of thiazole rings is 1. The lowest BCUT2D eigenvalue weighted by atomic mass is 10.2. The fourth-order valence-corrected chi connectivity index (χ4v) is 6.63. The Bertz CT molecular complexity index is 987. The van der Waals surface area contributed by atoms with Gasteiger partial charge in [0, 0.05) is 41.5 Å². The van der Waals surface area contributed by atoms with Crippen LogP contribution < -0.4 is 0 Å². The standard InChI is InChI=1S/C19H25N3O4S2/c1-13-9-16(14(2)22(13)15-3-8-28(24,25)12-15)17-11-27-18(20-17)10-19(23)21-4-6-26-7-5-21/h9,11,15H,3-8,10,12H2,1-2H3/t15-/m0/s1. The number of rotatable bonds is 4. The fourth-order valence-electron chi connectivity index (χ4n) is 4.15. The number of carbonyl (C=O) groups is 1. The zero-order chi connectivity index (χ0) is 19.9. The Labute approximate surface area is 169 Å². The molecular weight excluding hydrogens is 398 g/mol. The van der Waals surface area contributed by atoms with Crippen molar-refractivity contribution in [3.05, 3.63) is 27.8 Å². The van der Waals surface area contributed by atoms with Gasteiger partial charge in [-0.15, -0.1) is 11.3 Å². The van der Waals surface area contributed by atoms with Crippen LogP contribution in [-0.2, 0) is 25.8 Å². The zero-order valence-electron chi connectivity index (χ0n) is 16.2. The van der Waals surface area contributed by atoms with Crippen molar-refractivity contribution < 1.29 is 17.9 Å². The number of carbonyl (C=O) groups excluding carboxylic acids is 1. The molecule has 2 aliphatic rings. The van der Waals surface area contributed by atoms with Gasteiger partial charge in [-0.25, -0.2) is 13.4 Å². The third-order valence-corrected chi connectivity index (χ3v) is 8.15. The maximum atomic E-state index is 12.4. The molecule has 1 amide bonds. The molecule has 152 valence electrons. The third kappa shape index (κ3) is 3.88. The van der Waals surface area contributed by atoms with Crippen molar-refractivity contribution in [3.8, 4) is 11.3 Å². The Kier molecular flexibility index (Phi) is 5.32. The van der Waals surface area contributed by atoms with Crippen molar-refractivity contribution in [2.75, 3.05) is 37.8 Å².